The second kappa shape index (κ2) is 24.2. The van der Waals surface area contributed by atoms with Crippen molar-refractivity contribution >= 4 is 16.1 Å². The van der Waals surface area contributed by atoms with E-state index in [0.717, 1.165) is 12.8 Å². The molecule has 0 rings (SSSR count). The van der Waals surface area contributed by atoms with Crippen molar-refractivity contribution in [2.24, 2.45) is 0 Å². The Hall–Kier alpha value is 0.120. The summed E-state index contributed by atoms with van der Waals surface area (Å²) in [5, 5.41) is 8.51. The molecule has 156 valence electrons. The van der Waals surface area contributed by atoms with Crippen LogP contribution in [-0.2, 0) is 14.9 Å². The second-order valence-electron chi connectivity index (χ2n) is 6.51. The summed E-state index contributed by atoms with van der Waals surface area (Å²) in [5.41, 5.74) is 0. The summed E-state index contributed by atoms with van der Waals surface area (Å²) >= 11 is 0. The fourth-order valence-corrected chi connectivity index (χ4v) is 2.35. The average Bonchev–Trinajstić information content (AvgIpc) is 2.58. The topological polar surface area (TPSA) is 91.7 Å². The summed E-state index contributed by atoms with van der Waals surface area (Å²) in [6.45, 7) is 5.18. The summed E-state index contributed by atoms with van der Waals surface area (Å²) in [6.07, 6.45) is 21.2. The molecule has 0 atom stereocenters. The van der Waals surface area contributed by atoms with Crippen LogP contribution in [0.5, 0.6) is 0 Å². The van der Waals surface area contributed by atoms with E-state index in [4.69, 9.17) is 9.66 Å². The summed E-state index contributed by atoms with van der Waals surface area (Å²) in [5.74, 6) is -1.12. The van der Waals surface area contributed by atoms with E-state index in [-0.39, 0.29) is 29.6 Å². The zero-order valence-electron chi connectivity index (χ0n) is 17.5. The molecule has 2 N–H and O–H groups in total. The van der Waals surface area contributed by atoms with E-state index in [1.165, 1.54) is 70.6 Å². The third-order valence-electron chi connectivity index (χ3n) is 3.91. The van der Waals surface area contributed by atoms with E-state index in [1.807, 2.05) is 0 Å². The standard InChI is InChI=1S/C18H34O2.C2H5O3S.Na/c1-2-3-4-5-6-7-8-9-10-11-12-13-14-15-16-17-18(19)20;1-2-6(3,4)5;/h9-10H,2-8,11-17H2,1H3,(H,19,20);1-2H2,(H,3,4,5);/q;-1;+1/b10-9-;;. The van der Waals surface area contributed by atoms with Crippen LogP contribution in [0, 0.1) is 6.92 Å². The van der Waals surface area contributed by atoms with E-state index < -0.39 is 21.8 Å². The first-order valence-electron chi connectivity index (χ1n) is 9.94. The van der Waals surface area contributed by atoms with Crippen molar-refractivity contribution in [3.8, 4) is 0 Å². The normalized spacial score (nSPS) is 10.9. The van der Waals surface area contributed by atoms with Crippen molar-refractivity contribution in [2.45, 2.75) is 96.8 Å². The molecule has 0 aliphatic rings. The number of carboxylic acid groups (broad SMARTS) is 1. The molecule has 0 amide bonds. The number of rotatable bonds is 16. The molecule has 27 heavy (non-hydrogen) atoms. The predicted molar refractivity (Wildman–Crippen MR) is 109 cm³/mol. The number of carboxylic acids is 1. The van der Waals surface area contributed by atoms with Gasteiger partial charge in [0.05, 0.1) is 0 Å². The quantitative estimate of drug-likeness (QED) is 0.133. The van der Waals surface area contributed by atoms with Crippen LogP contribution in [0.15, 0.2) is 12.2 Å². The van der Waals surface area contributed by atoms with Crippen molar-refractivity contribution in [1.82, 2.24) is 0 Å². The van der Waals surface area contributed by atoms with Gasteiger partial charge in [0, 0.05) is 6.42 Å². The van der Waals surface area contributed by atoms with Gasteiger partial charge < -0.3 is 12.0 Å². The molecule has 0 aliphatic carbocycles. The van der Waals surface area contributed by atoms with E-state index in [0.29, 0.717) is 6.42 Å². The first-order chi connectivity index (χ1) is 12.3. The van der Waals surface area contributed by atoms with Crippen LogP contribution < -0.4 is 29.6 Å². The molecule has 0 radical (unpaired) electrons. The van der Waals surface area contributed by atoms with E-state index >= 15 is 0 Å². The number of hydrogen-bond donors (Lipinski definition) is 2. The molecule has 0 aromatic rings. The van der Waals surface area contributed by atoms with Crippen molar-refractivity contribution in [1.29, 1.82) is 0 Å². The summed E-state index contributed by atoms with van der Waals surface area (Å²) in [6, 6.07) is 0. The number of hydrogen-bond acceptors (Lipinski definition) is 3. The molecular weight excluding hydrogens is 375 g/mol. The minimum absolute atomic E-state index is 0. The molecule has 5 nitrogen and oxygen atoms in total. The zero-order valence-corrected chi connectivity index (χ0v) is 20.3. The molecule has 0 unspecified atom stereocenters. The summed E-state index contributed by atoms with van der Waals surface area (Å²) < 4.78 is 26.7. The van der Waals surface area contributed by atoms with Crippen LogP contribution in [-0.4, -0.2) is 29.8 Å². The first kappa shape index (κ1) is 31.8. The van der Waals surface area contributed by atoms with Gasteiger partial charge in [-0.25, -0.2) is 8.42 Å². The molecule has 0 aliphatic heterocycles. The van der Waals surface area contributed by atoms with E-state index in [1.54, 1.807) is 0 Å². The molecule has 0 heterocycles. The number of allylic oxidation sites excluding steroid dienone is 2. The molecular formula is C20H39NaO5S. The van der Waals surface area contributed by atoms with Gasteiger partial charge in [-0.2, -0.15) is 0 Å². The monoisotopic (exact) mass is 414 g/mol. The van der Waals surface area contributed by atoms with Gasteiger partial charge in [-0.15, -0.1) is 0 Å². The minimum atomic E-state index is -3.77. The molecule has 7 heteroatoms. The summed E-state index contributed by atoms with van der Waals surface area (Å²) in [7, 11) is -3.77. The Kier molecular flexibility index (Phi) is 28.5. The summed E-state index contributed by atoms with van der Waals surface area (Å²) in [4.78, 5) is 10.3. The van der Waals surface area contributed by atoms with Crippen molar-refractivity contribution in [2.75, 3.05) is 5.75 Å². The third kappa shape index (κ3) is 37.5. The van der Waals surface area contributed by atoms with Crippen molar-refractivity contribution < 1.29 is 52.4 Å². The number of unbranched alkanes of at least 4 members (excludes halogenated alkanes) is 11. The maximum atomic E-state index is 10.3. The van der Waals surface area contributed by atoms with Crippen LogP contribution in [0.2, 0.25) is 0 Å². The Morgan fingerprint density at radius 2 is 1.22 bits per heavy atom. The molecule has 0 saturated heterocycles. The fourth-order valence-electron chi connectivity index (χ4n) is 2.35. The average molecular weight is 415 g/mol. The van der Waals surface area contributed by atoms with Gasteiger partial charge in [0.15, 0.2) is 0 Å². The maximum absolute atomic E-state index is 10.3. The SMILES string of the molecule is CCCCCCCC/C=C\CCCCCCCC(=O)O.[CH2-]CS(=O)(=O)O.[Na+]. The van der Waals surface area contributed by atoms with Crippen LogP contribution in [0.25, 0.3) is 0 Å². The largest absolute Gasteiger partial charge is 1.00 e. The van der Waals surface area contributed by atoms with Gasteiger partial charge in [0.1, 0.15) is 0 Å². The van der Waals surface area contributed by atoms with E-state index in [2.05, 4.69) is 26.0 Å². The maximum Gasteiger partial charge on any atom is 1.00 e. The van der Waals surface area contributed by atoms with Gasteiger partial charge in [-0.05, 0) is 32.1 Å². The predicted octanol–water partition coefficient (Wildman–Crippen LogP) is 2.82. The third-order valence-corrected chi connectivity index (χ3v) is 4.43. The van der Waals surface area contributed by atoms with Crippen molar-refractivity contribution in [3.63, 3.8) is 0 Å². The molecule has 0 saturated carbocycles. The zero-order chi connectivity index (χ0) is 20.1. The van der Waals surface area contributed by atoms with Gasteiger partial charge in [-0.3, -0.25) is 9.35 Å². The molecule has 0 fully saturated rings. The Labute approximate surface area is 189 Å². The van der Waals surface area contributed by atoms with Gasteiger partial charge in [0.2, 0.25) is 10.1 Å². The smallest absolute Gasteiger partial charge is 0.481 e. The second-order valence-corrected chi connectivity index (χ2v) is 8.09. The van der Waals surface area contributed by atoms with Gasteiger partial charge >= 0.3 is 35.5 Å². The van der Waals surface area contributed by atoms with Gasteiger partial charge in [-0.1, -0.05) is 76.2 Å². The Morgan fingerprint density at radius 3 is 1.59 bits per heavy atom. The Balaban J connectivity index is -0.000000709. The van der Waals surface area contributed by atoms with Crippen LogP contribution in [0.3, 0.4) is 0 Å². The number of carbonyl (C=O) groups is 1. The van der Waals surface area contributed by atoms with Gasteiger partial charge in [0.25, 0.3) is 0 Å². The minimum Gasteiger partial charge on any atom is -0.481 e. The van der Waals surface area contributed by atoms with Crippen LogP contribution in [0.4, 0.5) is 0 Å². The van der Waals surface area contributed by atoms with E-state index in [9.17, 15) is 13.2 Å². The molecule has 0 aromatic heterocycles. The van der Waals surface area contributed by atoms with Crippen molar-refractivity contribution in [3.05, 3.63) is 19.1 Å². The Morgan fingerprint density at radius 1 is 0.852 bits per heavy atom. The Bertz CT molecular complexity index is 436. The fraction of sp³-hybridized carbons (Fsp3) is 0.800. The molecule has 0 spiro atoms. The first-order valence-corrected chi connectivity index (χ1v) is 11.6. The molecule has 0 bridgehead atoms. The molecule has 0 aromatic carbocycles. The number of aliphatic carboxylic acids is 1. The van der Waals surface area contributed by atoms with Crippen LogP contribution >= 0.6 is 0 Å². The van der Waals surface area contributed by atoms with Crippen LogP contribution in [0.1, 0.15) is 96.8 Å².